The number of amides is 3. The van der Waals surface area contributed by atoms with Crippen LogP contribution in [-0.2, 0) is 38.8 Å². The van der Waals surface area contributed by atoms with Gasteiger partial charge in [-0.15, -0.1) is 0 Å². The molecule has 39 heavy (non-hydrogen) atoms. The van der Waals surface area contributed by atoms with Gasteiger partial charge in [-0.3, -0.25) is 14.4 Å². The monoisotopic (exact) mass is 529 g/mol. The van der Waals surface area contributed by atoms with Crippen molar-refractivity contribution in [2.24, 2.45) is 4.99 Å². The summed E-state index contributed by atoms with van der Waals surface area (Å²) in [5.74, 6) is -2.35. The van der Waals surface area contributed by atoms with Gasteiger partial charge >= 0.3 is 0 Å². The van der Waals surface area contributed by atoms with Crippen LogP contribution < -0.4 is 21.1 Å². The number of aromatic nitrogens is 2. The maximum atomic E-state index is 13.1. The van der Waals surface area contributed by atoms with Crippen LogP contribution in [0, 0.1) is 0 Å². The largest absolute Gasteiger partial charge is 0.870 e. The highest BCUT2D eigenvalue weighted by Crippen LogP contribution is 2.11. The zero-order chi connectivity index (χ0) is 28.3. The van der Waals surface area contributed by atoms with E-state index in [1.807, 2.05) is 60.7 Å². The Kier molecular flexibility index (Phi) is 10.4. The number of carbonyl (C=O) groups excluding carboxylic acids is 3. The molecule has 3 N–H and O–H groups in total. The van der Waals surface area contributed by atoms with E-state index in [2.05, 4.69) is 25.9 Å². The number of ether oxygens (including phenoxy) is 1. The van der Waals surface area contributed by atoms with Crippen molar-refractivity contribution in [1.29, 1.82) is 0 Å². The molecule has 3 amide bonds. The molecule has 0 aliphatic heterocycles. The molecule has 0 spiro atoms. The summed E-state index contributed by atoms with van der Waals surface area (Å²) in [6, 6.07) is 17.7. The number of aliphatic imine (C=N–C) groups is 1. The molecule has 0 saturated carbocycles. The van der Waals surface area contributed by atoms with Gasteiger partial charge in [0, 0.05) is 12.7 Å². The third-order valence-electron chi connectivity index (χ3n) is 5.51. The zero-order valence-electron chi connectivity index (χ0n) is 21.8. The normalized spacial score (nSPS) is 12.4. The van der Waals surface area contributed by atoms with Gasteiger partial charge < -0.3 is 35.4 Å². The van der Waals surface area contributed by atoms with E-state index in [1.165, 1.54) is 30.9 Å². The Balaban J connectivity index is 1.60. The van der Waals surface area contributed by atoms with Gasteiger partial charge in [0.05, 0.1) is 19.5 Å². The van der Waals surface area contributed by atoms with Crippen molar-refractivity contribution in [2.45, 2.75) is 45.1 Å². The molecule has 2 radical (unpaired) electrons. The average Bonchev–Trinajstić information content (AvgIpc) is 3.33. The number of rotatable bonds is 13. The van der Waals surface area contributed by atoms with Gasteiger partial charge in [0.15, 0.2) is 5.82 Å². The van der Waals surface area contributed by atoms with E-state index in [0.717, 1.165) is 11.1 Å². The fourth-order valence-electron chi connectivity index (χ4n) is 3.46. The minimum atomic E-state index is -1.50. The van der Waals surface area contributed by atoms with Crippen LogP contribution in [0.5, 0.6) is 0 Å². The third-order valence-corrected chi connectivity index (χ3v) is 5.51. The van der Waals surface area contributed by atoms with Crippen LogP contribution in [0.2, 0.25) is 0 Å². The molecule has 0 fully saturated rings. The molecular formula is C27H30BN6O5-. The molecule has 1 aromatic heterocycles. The number of hydrogen-bond donors (Lipinski definition) is 3. The van der Waals surface area contributed by atoms with E-state index in [0.29, 0.717) is 6.54 Å². The number of nitrogens with zero attached hydrogens (tertiary/aromatic N) is 3. The zero-order valence-corrected chi connectivity index (χ0v) is 21.8. The molecule has 0 saturated heterocycles. The molecule has 1 atom stereocenters. The predicted molar refractivity (Wildman–Crippen MR) is 144 cm³/mol. The van der Waals surface area contributed by atoms with E-state index in [9.17, 15) is 19.5 Å². The van der Waals surface area contributed by atoms with E-state index >= 15 is 0 Å². The summed E-state index contributed by atoms with van der Waals surface area (Å²) in [5, 5.41) is 19.2. The van der Waals surface area contributed by atoms with E-state index in [4.69, 9.17) is 12.6 Å². The minimum Gasteiger partial charge on any atom is -0.870 e. The summed E-state index contributed by atoms with van der Waals surface area (Å²) in [6.07, 6.45) is 2.90. The topological polar surface area (TPSA) is 150 Å². The minimum absolute atomic E-state index is 0.00112. The van der Waals surface area contributed by atoms with Gasteiger partial charge in [-0.25, -0.2) is 4.98 Å². The van der Waals surface area contributed by atoms with Crippen LogP contribution in [0.3, 0.4) is 0 Å². The summed E-state index contributed by atoms with van der Waals surface area (Å²) in [6.45, 7) is 3.23. The molecule has 0 bridgehead atoms. The highest BCUT2D eigenvalue weighted by atomic mass is 16.5. The van der Waals surface area contributed by atoms with Crippen molar-refractivity contribution in [3.8, 4) is 0 Å². The highest BCUT2D eigenvalue weighted by molar-refractivity contribution is 6.55. The van der Waals surface area contributed by atoms with Crippen LogP contribution in [0.1, 0.15) is 25.0 Å². The van der Waals surface area contributed by atoms with Crippen molar-refractivity contribution in [3.63, 3.8) is 0 Å². The SMILES string of the molecule is [B]C([O-])=NC(C)(C)C(=O)N[C@H](COCc1ccccc1)C(=O)Nc1cn(CC(=O)NCc2ccccc2)cn1. The van der Waals surface area contributed by atoms with Crippen LogP contribution in [0.15, 0.2) is 78.2 Å². The molecule has 3 aromatic rings. The van der Waals surface area contributed by atoms with Crippen molar-refractivity contribution in [3.05, 3.63) is 84.3 Å². The number of imidazole rings is 1. The lowest BCUT2D eigenvalue weighted by atomic mass is 10.0. The second kappa shape index (κ2) is 13.9. The van der Waals surface area contributed by atoms with Gasteiger partial charge in [-0.05, 0) is 25.0 Å². The molecule has 0 aliphatic carbocycles. The fraction of sp³-hybridized carbons (Fsp3) is 0.296. The summed E-state index contributed by atoms with van der Waals surface area (Å²) < 4.78 is 7.20. The Hall–Kier alpha value is -4.45. The Morgan fingerprint density at radius 3 is 2.36 bits per heavy atom. The van der Waals surface area contributed by atoms with Crippen molar-refractivity contribution >= 4 is 37.2 Å². The lowest BCUT2D eigenvalue weighted by Crippen LogP contribution is -2.52. The van der Waals surface area contributed by atoms with E-state index in [-0.39, 0.29) is 31.5 Å². The third kappa shape index (κ3) is 9.74. The Morgan fingerprint density at radius 2 is 1.72 bits per heavy atom. The molecule has 11 nitrogen and oxygen atoms in total. The van der Waals surface area contributed by atoms with Crippen molar-refractivity contribution < 1.29 is 24.2 Å². The maximum Gasteiger partial charge on any atom is 0.250 e. The van der Waals surface area contributed by atoms with Gasteiger partial charge in [0.1, 0.15) is 26.0 Å². The first-order valence-corrected chi connectivity index (χ1v) is 12.2. The Bertz CT molecular complexity index is 1280. The second-order valence-corrected chi connectivity index (χ2v) is 9.22. The molecule has 12 heteroatoms. The molecule has 3 rings (SSSR count). The molecule has 0 unspecified atom stereocenters. The van der Waals surface area contributed by atoms with Crippen molar-refractivity contribution in [1.82, 2.24) is 20.2 Å². The van der Waals surface area contributed by atoms with Gasteiger partial charge in [-0.2, -0.15) is 0 Å². The van der Waals surface area contributed by atoms with Crippen LogP contribution in [-0.4, -0.2) is 59.1 Å². The van der Waals surface area contributed by atoms with Gasteiger partial charge in [-0.1, -0.05) is 66.5 Å². The molecule has 0 aliphatic rings. The predicted octanol–water partition coefficient (Wildman–Crippen LogP) is 0.503. The standard InChI is InChI=1S/C27H31BN6O5/c1-27(2,33-26(28)38)25(37)31-21(17-39-16-20-11-7-4-8-12-20)24(36)32-22-14-34(18-30-22)15-23(35)29-13-19-9-5-3-6-10-19/h3-12,14,18,21H,13,15-17H2,1-2H3,(H,29,35)(H,31,37)(H,32,36)(H,33,38)/p-1/t21-/m1/s1. The fourth-order valence-corrected chi connectivity index (χ4v) is 3.46. The molecule has 2 aromatic carbocycles. The van der Waals surface area contributed by atoms with Crippen LogP contribution in [0.25, 0.3) is 0 Å². The van der Waals surface area contributed by atoms with E-state index < -0.39 is 29.2 Å². The van der Waals surface area contributed by atoms with Crippen LogP contribution >= 0.6 is 0 Å². The quantitative estimate of drug-likeness (QED) is 0.167. The Labute approximate surface area is 228 Å². The van der Waals surface area contributed by atoms with E-state index in [1.54, 1.807) is 0 Å². The summed E-state index contributed by atoms with van der Waals surface area (Å²) in [7, 11) is 5.11. The Morgan fingerprint density at radius 1 is 1.08 bits per heavy atom. The number of anilines is 1. The van der Waals surface area contributed by atoms with Crippen molar-refractivity contribution in [2.75, 3.05) is 11.9 Å². The molecular weight excluding hydrogens is 499 g/mol. The van der Waals surface area contributed by atoms with Gasteiger partial charge in [0.2, 0.25) is 11.8 Å². The first-order valence-electron chi connectivity index (χ1n) is 12.2. The lowest BCUT2D eigenvalue weighted by Gasteiger charge is -2.25. The first kappa shape index (κ1) is 29.1. The lowest BCUT2D eigenvalue weighted by molar-refractivity contribution is -0.208. The number of benzene rings is 2. The maximum absolute atomic E-state index is 13.1. The number of hydrogen-bond acceptors (Lipinski definition) is 7. The van der Waals surface area contributed by atoms with Gasteiger partial charge in [0.25, 0.3) is 5.91 Å². The summed E-state index contributed by atoms with van der Waals surface area (Å²) >= 11 is 0. The van der Waals surface area contributed by atoms with Crippen LogP contribution in [0.4, 0.5) is 5.82 Å². The molecule has 1 heterocycles. The number of carbonyl (C=O) groups is 3. The first-order chi connectivity index (χ1) is 18.6. The second-order valence-electron chi connectivity index (χ2n) is 9.22. The molecule has 202 valence electrons. The smallest absolute Gasteiger partial charge is 0.250 e. The summed E-state index contributed by atoms with van der Waals surface area (Å²) in [4.78, 5) is 45.9. The summed E-state index contributed by atoms with van der Waals surface area (Å²) in [5.41, 5.74) is 0.355. The highest BCUT2D eigenvalue weighted by Gasteiger charge is 2.31. The number of nitrogens with one attached hydrogen (secondary N) is 3. The average molecular weight is 529 g/mol.